The minimum absolute atomic E-state index is 0. The van der Waals surface area contributed by atoms with Crippen molar-refractivity contribution in [1.29, 1.82) is 0 Å². The topological polar surface area (TPSA) is 54.9 Å². The van der Waals surface area contributed by atoms with Gasteiger partial charge in [-0.2, -0.15) is 0 Å². The molecule has 2 saturated carbocycles. The molecule has 146 valence electrons. The van der Waals surface area contributed by atoms with Crippen LogP contribution in [0.4, 0.5) is 0 Å². The molecule has 25 heavy (non-hydrogen) atoms. The molecule has 1 aliphatic heterocycles. The number of hydrogen-bond donors (Lipinski definition) is 2. The largest absolute Gasteiger partial charge is 0.379 e. The SMILES string of the molecule is CCN=C(NC(C)COC1CCOC1)NC1CC1C1CCCCC1.I. The van der Waals surface area contributed by atoms with Crippen LogP contribution in [0.1, 0.15) is 58.8 Å². The van der Waals surface area contributed by atoms with Gasteiger partial charge in [-0.25, -0.2) is 0 Å². The molecule has 0 aromatic carbocycles. The first-order chi connectivity index (χ1) is 11.8. The van der Waals surface area contributed by atoms with Crippen molar-refractivity contribution in [3.63, 3.8) is 0 Å². The summed E-state index contributed by atoms with van der Waals surface area (Å²) in [6, 6.07) is 0.887. The van der Waals surface area contributed by atoms with E-state index in [1.54, 1.807) is 0 Å². The van der Waals surface area contributed by atoms with Crippen molar-refractivity contribution < 1.29 is 9.47 Å². The monoisotopic (exact) mass is 465 g/mol. The highest BCUT2D eigenvalue weighted by Gasteiger charge is 2.43. The summed E-state index contributed by atoms with van der Waals surface area (Å²) in [6.07, 6.45) is 9.78. The molecular weight excluding hydrogens is 429 g/mol. The second-order valence-electron chi connectivity index (χ2n) is 7.74. The van der Waals surface area contributed by atoms with Gasteiger partial charge in [0.25, 0.3) is 0 Å². The van der Waals surface area contributed by atoms with Crippen LogP contribution in [0.25, 0.3) is 0 Å². The van der Waals surface area contributed by atoms with Gasteiger partial charge in [-0.1, -0.05) is 32.1 Å². The van der Waals surface area contributed by atoms with E-state index in [-0.39, 0.29) is 36.1 Å². The van der Waals surface area contributed by atoms with Crippen LogP contribution in [-0.2, 0) is 9.47 Å². The maximum absolute atomic E-state index is 5.91. The van der Waals surface area contributed by atoms with Gasteiger partial charge in [-0.05, 0) is 38.5 Å². The smallest absolute Gasteiger partial charge is 0.191 e. The average Bonchev–Trinajstić information content (AvgIpc) is 3.15. The summed E-state index contributed by atoms with van der Waals surface area (Å²) in [5.74, 6) is 2.78. The molecule has 4 atom stereocenters. The van der Waals surface area contributed by atoms with E-state index in [2.05, 4.69) is 29.5 Å². The molecule has 0 amide bonds. The molecule has 1 saturated heterocycles. The number of aliphatic imine (C=N–C) groups is 1. The number of rotatable bonds is 7. The van der Waals surface area contributed by atoms with E-state index in [1.165, 1.54) is 38.5 Å². The summed E-state index contributed by atoms with van der Waals surface area (Å²) in [5.41, 5.74) is 0. The van der Waals surface area contributed by atoms with Crippen LogP contribution in [-0.4, -0.2) is 50.5 Å². The van der Waals surface area contributed by atoms with Crippen LogP contribution >= 0.6 is 24.0 Å². The van der Waals surface area contributed by atoms with Crippen LogP contribution in [0, 0.1) is 11.8 Å². The number of nitrogens with zero attached hydrogens (tertiary/aromatic N) is 1. The van der Waals surface area contributed by atoms with E-state index < -0.39 is 0 Å². The van der Waals surface area contributed by atoms with Gasteiger partial charge in [0.05, 0.1) is 19.3 Å². The molecule has 0 bridgehead atoms. The van der Waals surface area contributed by atoms with Gasteiger partial charge >= 0.3 is 0 Å². The Morgan fingerprint density at radius 2 is 2.04 bits per heavy atom. The van der Waals surface area contributed by atoms with Gasteiger partial charge < -0.3 is 20.1 Å². The molecule has 0 aromatic heterocycles. The quantitative estimate of drug-likeness (QED) is 0.344. The summed E-state index contributed by atoms with van der Waals surface area (Å²) in [4.78, 5) is 4.62. The fraction of sp³-hybridized carbons (Fsp3) is 0.947. The van der Waals surface area contributed by atoms with Crippen molar-refractivity contribution in [3.05, 3.63) is 0 Å². The molecule has 0 spiro atoms. The van der Waals surface area contributed by atoms with Crippen LogP contribution in [0.3, 0.4) is 0 Å². The number of nitrogens with one attached hydrogen (secondary N) is 2. The zero-order valence-corrected chi connectivity index (χ0v) is 18.2. The average molecular weight is 465 g/mol. The first-order valence-corrected chi connectivity index (χ1v) is 10.0. The van der Waals surface area contributed by atoms with Gasteiger partial charge in [0.2, 0.25) is 0 Å². The Labute approximate surface area is 170 Å². The summed E-state index contributed by atoms with van der Waals surface area (Å²) in [7, 11) is 0. The highest BCUT2D eigenvalue weighted by Crippen LogP contribution is 2.44. The zero-order chi connectivity index (χ0) is 16.8. The Morgan fingerprint density at radius 3 is 2.72 bits per heavy atom. The lowest BCUT2D eigenvalue weighted by Crippen LogP contribution is -2.46. The second-order valence-corrected chi connectivity index (χ2v) is 7.74. The lowest BCUT2D eigenvalue weighted by Gasteiger charge is -2.23. The van der Waals surface area contributed by atoms with E-state index in [0.29, 0.717) is 12.6 Å². The van der Waals surface area contributed by atoms with E-state index in [0.717, 1.165) is 44.0 Å². The fourth-order valence-electron chi connectivity index (χ4n) is 4.13. The van der Waals surface area contributed by atoms with Crippen molar-refractivity contribution in [2.45, 2.75) is 77.0 Å². The Bertz CT molecular complexity index is 409. The third-order valence-corrected chi connectivity index (χ3v) is 5.59. The first kappa shape index (κ1) is 21.2. The van der Waals surface area contributed by atoms with Gasteiger partial charge in [0, 0.05) is 25.2 Å². The Kier molecular flexibility index (Phi) is 9.27. The van der Waals surface area contributed by atoms with Crippen molar-refractivity contribution >= 4 is 29.9 Å². The molecule has 2 N–H and O–H groups in total. The molecule has 6 heteroatoms. The standard InChI is InChI=1S/C19H35N3O2.HI/c1-3-20-19(21-14(2)12-24-16-9-10-23-13-16)22-18-11-17(18)15-7-5-4-6-8-15;/h14-18H,3-13H2,1-2H3,(H2,20,21,22);1H. The molecule has 1 heterocycles. The molecule has 0 aromatic rings. The normalized spacial score (nSPS) is 31.3. The van der Waals surface area contributed by atoms with E-state index in [9.17, 15) is 0 Å². The summed E-state index contributed by atoms with van der Waals surface area (Å²) in [6.45, 7) is 7.34. The van der Waals surface area contributed by atoms with Crippen molar-refractivity contribution in [3.8, 4) is 0 Å². The van der Waals surface area contributed by atoms with Crippen LogP contribution in [0.15, 0.2) is 4.99 Å². The number of guanidine groups is 1. The van der Waals surface area contributed by atoms with Crippen LogP contribution < -0.4 is 10.6 Å². The zero-order valence-electron chi connectivity index (χ0n) is 15.8. The maximum atomic E-state index is 5.91. The van der Waals surface area contributed by atoms with Gasteiger partial charge in [0.15, 0.2) is 5.96 Å². The minimum Gasteiger partial charge on any atom is -0.379 e. The second kappa shape index (κ2) is 10.9. The van der Waals surface area contributed by atoms with E-state index >= 15 is 0 Å². The number of ether oxygens (including phenoxy) is 2. The van der Waals surface area contributed by atoms with Crippen LogP contribution in [0.2, 0.25) is 0 Å². The molecule has 2 aliphatic carbocycles. The van der Waals surface area contributed by atoms with Gasteiger partial charge in [-0.3, -0.25) is 4.99 Å². The lowest BCUT2D eigenvalue weighted by molar-refractivity contribution is 0.0347. The summed E-state index contributed by atoms with van der Waals surface area (Å²) < 4.78 is 11.3. The van der Waals surface area contributed by atoms with Gasteiger partial charge in [-0.15, -0.1) is 24.0 Å². The Morgan fingerprint density at radius 1 is 1.24 bits per heavy atom. The first-order valence-electron chi connectivity index (χ1n) is 10.0. The highest BCUT2D eigenvalue weighted by atomic mass is 127. The third-order valence-electron chi connectivity index (χ3n) is 5.59. The van der Waals surface area contributed by atoms with E-state index in [4.69, 9.17) is 9.47 Å². The molecule has 3 rings (SSSR count). The summed E-state index contributed by atoms with van der Waals surface area (Å²) >= 11 is 0. The maximum Gasteiger partial charge on any atom is 0.191 e. The van der Waals surface area contributed by atoms with Crippen LogP contribution in [0.5, 0.6) is 0 Å². The number of hydrogen-bond acceptors (Lipinski definition) is 3. The fourth-order valence-corrected chi connectivity index (χ4v) is 4.13. The van der Waals surface area contributed by atoms with Crippen molar-refractivity contribution in [1.82, 2.24) is 10.6 Å². The predicted molar refractivity (Wildman–Crippen MR) is 113 cm³/mol. The Hall–Kier alpha value is -0.0800. The Balaban J connectivity index is 0.00000225. The molecular formula is C19H36IN3O2. The minimum atomic E-state index is 0. The van der Waals surface area contributed by atoms with Gasteiger partial charge in [0.1, 0.15) is 0 Å². The molecule has 3 aliphatic rings. The molecule has 3 fully saturated rings. The lowest BCUT2D eigenvalue weighted by atomic mass is 9.85. The van der Waals surface area contributed by atoms with Crippen molar-refractivity contribution in [2.75, 3.05) is 26.4 Å². The number of halogens is 1. The predicted octanol–water partition coefficient (Wildman–Crippen LogP) is 3.32. The van der Waals surface area contributed by atoms with Crippen molar-refractivity contribution in [2.24, 2.45) is 16.8 Å². The summed E-state index contributed by atoms with van der Waals surface area (Å²) in [5, 5.41) is 7.17. The molecule has 5 nitrogen and oxygen atoms in total. The van der Waals surface area contributed by atoms with E-state index in [1.807, 2.05) is 0 Å². The molecule has 4 unspecified atom stereocenters. The third kappa shape index (κ3) is 6.86. The highest BCUT2D eigenvalue weighted by molar-refractivity contribution is 14.0. The molecule has 0 radical (unpaired) electrons.